The lowest BCUT2D eigenvalue weighted by atomic mass is 9.75. The van der Waals surface area contributed by atoms with Crippen LogP contribution in [0.1, 0.15) is 120 Å². The van der Waals surface area contributed by atoms with Gasteiger partial charge in [-0.3, -0.25) is 14.4 Å². The quantitative estimate of drug-likeness (QED) is 0.0312. The number of nitrogens with one attached hydrogen (secondary N) is 1. The molecular weight excluding hydrogens is 928 g/mol. The number of amides is 1. The fraction of sp³-hybridized carbons (Fsp3) is 0.471. The zero-order chi connectivity index (χ0) is 49.7. The third kappa shape index (κ3) is 11.4. The van der Waals surface area contributed by atoms with Gasteiger partial charge >= 0.3 is 17.9 Å². The number of carbonyl (C=O) groups is 4. The largest absolute Gasteiger partial charge is 0.455 e. The first-order valence-corrected chi connectivity index (χ1v) is 26.3. The maximum absolute atomic E-state index is 14.1. The fourth-order valence-corrected chi connectivity index (χ4v) is 9.95. The molecule has 4 aromatic carbocycles. The lowest BCUT2D eigenvalue weighted by Crippen LogP contribution is -2.34. The molecule has 17 heteroatoms. The Morgan fingerprint density at radius 3 is 2.24 bits per heavy atom. The van der Waals surface area contributed by atoms with Crippen molar-refractivity contribution in [2.24, 2.45) is 10.8 Å². The maximum Gasteiger partial charge on any atom is 0.340 e. The average molecular weight is 990 g/mol. The number of esters is 3. The van der Waals surface area contributed by atoms with E-state index in [9.17, 15) is 23.7 Å². The number of benzene rings is 4. The van der Waals surface area contributed by atoms with Crippen LogP contribution in [0.15, 0.2) is 54.6 Å². The van der Waals surface area contributed by atoms with Gasteiger partial charge in [0.1, 0.15) is 30.9 Å². The second-order valence-electron chi connectivity index (χ2n) is 19.3. The molecule has 2 heterocycles. The maximum atomic E-state index is 14.1. The van der Waals surface area contributed by atoms with Crippen LogP contribution < -0.4 is 24.8 Å². The van der Waals surface area contributed by atoms with E-state index in [1.165, 1.54) is 0 Å². The Kier molecular flexibility index (Phi) is 16.9. The summed E-state index contributed by atoms with van der Waals surface area (Å²) in [6, 6.07) is 15.7. The number of hydrogen-bond acceptors (Lipinski definition) is 12. The molecule has 1 N–H and O–H groups in total. The van der Waals surface area contributed by atoms with E-state index in [0.717, 1.165) is 25.7 Å². The minimum absolute atomic E-state index is 0.00234. The van der Waals surface area contributed by atoms with Crippen molar-refractivity contribution in [1.29, 1.82) is 0 Å². The van der Waals surface area contributed by atoms with E-state index < -0.39 is 50.7 Å². The van der Waals surface area contributed by atoms with Gasteiger partial charge in [0.25, 0.3) is 8.53 Å². The summed E-state index contributed by atoms with van der Waals surface area (Å²) in [6.45, 7) is 24.7. The Balaban J connectivity index is 1.32. The van der Waals surface area contributed by atoms with Gasteiger partial charge in [0.15, 0.2) is 17.1 Å². The van der Waals surface area contributed by atoms with Gasteiger partial charge in [-0.15, -0.1) is 0 Å². The number of unbranched alkanes of at least 4 members (excludes halogenated alkanes) is 3. The van der Waals surface area contributed by atoms with Crippen LogP contribution in [-0.2, 0) is 44.8 Å². The predicted molar refractivity (Wildman–Crippen MR) is 265 cm³/mol. The van der Waals surface area contributed by atoms with E-state index in [4.69, 9.17) is 46.2 Å². The molecular formula is C51H62ClN3O11P2. The summed E-state index contributed by atoms with van der Waals surface area (Å²) < 4.78 is 52.5. The molecule has 68 heavy (non-hydrogen) atoms. The second kappa shape index (κ2) is 21.8. The zero-order valence-corrected chi connectivity index (χ0v) is 43.2. The van der Waals surface area contributed by atoms with Crippen molar-refractivity contribution in [3.05, 3.63) is 98.9 Å². The molecule has 2 aliphatic heterocycles. The molecule has 1 amide bonds. The number of carbonyl (C=O) groups excluding carboxylic acids is 4. The zero-order valence-electron chi connectivity index (χ0n) is 40.6. The molecule has 0 aromatic heterocycles. The van der Waals surface area contributed by atoms with Crippen LogP contribution in [0, 0.1) is 17.4 Å². The highest BCUT2D eigenvalue weighted by atomic mass is 35.5. The monoisotopic (exact) mass is 989 g/mol. The molecule has 0 saturated heterocycles. The lowest BCUT2D eigenvalue weighted by Gasteiger charge is -2.39. The molecule has 4 aromatic rings. The van der Waals surface area contributed by atoms with E-state index in [-0.39, 0.29) is 64.9 Å². The minimum Gasteiger partial charge on any atom is -0.455 e. The Labute approximate surface area is 406 Å². The minimum atomic E-state index is -2.28. The number of nitrogens with zero attached hydrogens (tertiary/aromatic N) is 2. The third-order valence-electron chi connectivity index (χ3n) is 11.7. The van der Waals surface area contributed by atoms with Gasteiger partial charge in [-0.25, -0.2) is 16.0 Å². The van der Waals surface area contributed by atoms with Crippen molar-refractivity contribution in [3.63, 3.8) is 0 Å². The first-order chi connectivity index (χ1) is 32.1. The normalized spacial score (nSPS) is 16.1. The van der Waals surface area contributed by atoms with Crippen molar-refractivity contribution < 1.29 is 51.7 Å². The van der Waals surface area contributed by atoms with E-state index in [1.54, 1.807) is 90.7 Å². The highest BCUT2D eigenvalue weighted by Gasteiger charge is 2.56. The van der Waals surface area contributed by atoms with Gasteiger partial charge in [0, 0.05) is 46.9 Å². The van der Waals surface area contributed by atoms with Crippen molar-refractivity contribution in [2.75, 3.05) is 40.0 Å². The summed E-state index contributed by atoms with van der Waals surface area (Å²) in [5.41, 5.74) is -1.83. The first-order valence-electron chi connectivity index (χ1n) is 22.9. The van der Waals surface area contributed by atoms with Gasteiger partial charge in [-0.05, 0) is 118 Å². The highest BCUT2D eigenvalue weighted by molar-refractivity contribution is 7.52. The second-order valence-corrected chi connectivity index (χ2v) is 23.0. The van der Waals surface area contributed by atoms with Crippen LogP contribution in [-0.4, -0.2) is 74.5 Å². The fourth-order valence-electron chi connectivity index (χ4n) is 7.64. The van der Waals surface area contributed by atoms with E-state index in [2.05, 4.69) is 24.0 Å². The van der Waals surface area contributed by atoms with E-state index in [1.807, 2.05) is 23.9 Å². The summed E-state index contributed by atoms with van der Waals surface area (Å²) in [6.07, 6.45) is 3.38. The molecule has 6 rings (SSSR count). The van der Waals surface area contributed by atoms with Gasteiger partial charge < -0.3 is 42.7 Å². The van der Waals surface area contributed by atoms with Crippen molar-refractivity contribution in [3.8, 4) is 23.0 Å². The van der Waals surface area contributed by atoms with Crippen molar-refractivity contribution in [2.45, 2.75) is 106 Å². The standard InChI is InChI=1S/C51H62ClN3O11P2/c1-31(2)55(10)68(62-27-25-53-9)61-26-17-13-12-16-24-54-41(56)23-20-32-28-38-45(43(52)44(32)65-48(59)50(6,7)8)63-40-30-39(64-47(58)49(3,4)5)34-18-14-15-19-35(34)42(40)51(38)37-29-33(67(11)60)21-22-36(37)46(57)66-51/h14-15,18-19,21-22,28-31,67H,12-13,16-17,20,23-27H2,1-8,10-11H3,(H,54,56). The molecule has 0 saturated carbocycles. The molecule has 14 nitrogen and oxygen atoms in total. The summed E-state index contributed by atoms with van der Waals surface area (Å²) in [5, 5.41) is 4.50. The Bertz CT molecular complexity index is 2650. The van der Waals surface area contributed by atoms with Gasteiger partial charge in [-0.1, -0.05) is 54.8 Å². The number of ether oxygens (including phenoxy) is 4. The van der Waals surface area contributed by atoms with Gasteiger partial charge in [0.05, 0.1) is 28.6 Å². The van der Waals surface area contributed by atoms with Crippen molar-refractivity contribution in [1.82, 2.24) is 9.99 Å². The average Bonchev–Trinajstić information content (AvgIpc) is 3.56. The van der Waals surface area contributed by atoms with Crippen LogP contribution in [0.2, 0.25) is 5.02 Å². The number of fused-ring (bicyclic) bond motifs is 8. The van der Waals surface area contributed by atoms with Crippen LogP contribution in [0.5, 0.6) is 23.0 Å². The molecule has 3 unspecified atom stereocenters. The lowest BCUT2D eigenvalue weighted by molar-refractivity contribution is -0.143. The van der Waals surface area contributed by atoms with Crippen LogP contribution >= 0.6 is 27.9 Å². The number of hydrogen-bond donors (Lipinski definition) is 1. The van der Waals surface area contributed by atoms with Crippen molar-refractivity contribution >= 4 is 67.8 Å². The van der Waals surface area contributed by atoms with Crippen LogP contribution in [0.4, 0.5) is 0 Å². The molecule has 3 atom stereocenters. The summed E-state index contributed by atoms with van der Waals surface area (Å²) in [4.78, 5) is 58.0. The molecule has 1 spiro atoms. The van der Waals surface area contributed by atoms with Gasteiger partial charge in [0.2, 0.25) is 12.5 Å². The Hall–Kier alpha value is -4.86. The molecule has 0 radical (unpaired) electrons. The predicted octanol–water partition coefficient (Wildman–Crippen LogP) is 10.9. The first kappa shape index (κ1) is 52.5. The molecule has 364 valence electrons. The molecule has 0 bridgehead atoms. The number of aryl methyl sites for hydroxylation is 1. The Morgan fingerprint density at radius 1 is 0.912 bits per heavy atom. The summed E-state index contributed by atoms with van der Waals surface area (Å²) in [7, 11) is -1.59. The van der Waals surface area contributed by atoms with Crippen LogP contribution in [0.3, 0.4) is 0 Å². The highest BCUT2D eigenvalue weighted by Crippen LogP contribution is 2.62. The summed E-state index contributed by atoms with van der Waals surface area (Å²) >= 11 is 7.34. The summed E-state index contributed by atoms with van der Waals surface area (Å²) in [5.74, 6) is -1.61. The number of halogens is 1. The third-order valence-corrected chi connectivity index (χ3v) is 14.9. The smallest absolute Gasteiger partial charge is 0.340 e. The van der Waals surface area contributed by atoms with E-state index in [0.29, 0.717) is 58.1 Å². The Morgan fingerprint density at radius 2 is 1.57 bits per heavy atom. The van der Waals surface area contributed by atoms with Gasteiger partial charge in [-0.2, -0.15) is 0 Å². The molecule has 0 aliphatic carbocycles. The SMILES string of the molecule is [C-]#[N+]CCOP(OCCCCCCNC(=O)CCc1cc2c(c(Cl)c1OC(=O)C(C)(C)C)Oc1cc(OC(=O)C(C)(C)C)c3ccccc3c1C21OC(=O)c2ccc([PH](C)=O)cc21)N(C)C(C)C. The number of rotatable bonds is 19. The van der Waals surface area contributed by atoms with Crippen LogP contribution in [0.25, 0.3) is 15.6 Å². The molecule has 0 fully saturated rings. The molecule has 2 aliphatic rings. The topological polar surface area (TPSA) is 160 Å². The van der Waals surface area contributed by atoms with E-state index >= 15 is 0 Å².